The topological polar surface area (TPSA) is 13.0 Å². The van der Waals surface area contributed by atoms with E-state index in [1.54, 1.807) is 0 Å². The van der Waals surface area contributed by atoms with Crippen LogP contribution in [0.5, 0.6) is 0 Å². The molecule has 0 saturated carbocycles. The maximum Gasteiger partial charge on any atom is 0.0621 e. The van der Waals surface area contributed by atoms with Crippen LogP contribution < -0.4 is 19.6 Å². The molecular weight excluding hydrogens is 1490 g/mol. The van der Waals surface area contributed by atoms with Crippen molar-refractivity contribution in [3.05, 3.63) is 496 Å². The van der Waals surface area contributed by atoms with Crippen LogP contribution in [0.15, 0.2) is 485 Å². The zero-order valence-electron chi connectivity index (χ0n) is 68.5. The number of para-hydroxylation sites is 8. The highest BCUT2D eigenvalue weighted by atomic mass is 15.2. The van der Waals surface area contributed by atoms with Crippen LogP contribution in [0, 0.1) is 0 Å². The van der Waals surface area contributed by atoms with Crippen molar-refractivity contribution in [3.8, 4) is 100 Å². The van der Waals surface area contributed by atoms with E-state index in [2.05, 4.69) is 519 Å². The minimum Gasteiger partial charge on any atom is -0.309 e. The lowest BCUT2D eigenvalue weighted by atomic mass is 9.81. The second kappa shape index (κ2) is 32.4. The van der Waals surface area contributed by atoms with E-state index < -0.39 is 5.41 Å². The largest absolute Gasteiger partial charge is 0.309 e. The summed E-state index contributed by atoms with van der Waals surface area (Å²) in [5.74, 6) is 0. The molecule has 582 valence electrons. The average molecular weight is 1570 g/mol. The minimum absolute atomic E-state index is 0.596. The Morgan fingerprint density at radius 1 is 0.146 bits per heavy atom. The summed E-state index contributed by atoms with van der Waals surface area (Å²) in [4.78, 5) is 10.3. The minimum atomic E-state index is -0.596. The van der Waals surface area contributed by atoms with Crippen molar-refractivity contribution < 1.29 is 0 Å². The molecule has 0 radical (unpaired) electrons. The van der Waals surface area contributed by atoms with Crippen LogP contribution in [-0.4, -0.2) is 0 Å². The van der Waals surface area contributed by atoms with Crippen LogP contribution in [0.2, 0.25) is 0 Å². The van der Waals surface area contributed by atoms with E-state index in [0.717, 1.165) is 179 Å². The molecule has 0 heterocycles. The maximum absolute atomic E-state index is 2.64. The molecule has 1 aliphatic rings. The van der Waals surface area contributed by atoms with Gasteiger partial charge in [0.15, 0.2) is 0 Å². The van der Waals surface area contributed by atoms with Crippen LogP contribution in [0.3, 0.4) is 0 Å². The Hall–Kier alpha value is -15.9. The van der Waals surface area contributed by atoms with Gasteiger partial charge in [0.2, 0.25) is 0 Å². The van der Waals surface area contributed by atoms with Gasteiger partial charge < -0.3 is 19.6 Å². The van der Waals surface area contributed by atoms with Gasteiger partial charge in [-0.25, -0.2) is 0 Å². The zero-order chi connectivity index (χ0) is 82.2. The van der Waals surface area contributed by atoms with Gasteiger partial charge >= 0.3 is 0 Å². The Morgan fingerprint density at radius 2 is 0.350 bits per heavy atom. The summed E-state index contributed by atoms with van der Waals surface area (Å²) >= 11 is 0. The summed E-state index contributed by atoms with van der Waals surface area (Å²) in [7, 11) is 0. The van der Waals surface area contributed by atoms with Gasteiger partial charge in [-0.2, -0.15) is 0 Å². The van der Waals surface area contributed by atoms with Crippen LogP contribution in [-0.2, 0) is 5.41 Å². The Morgan fingerprint density at radius 3 is 0.626 bits per heavy atom. The van der Waals surface area contributed by atoms with Crippen molar-refractivity contribution in [1.29, 1.82) is 0 Å². The number of anilines is 12. The van der Waals surface area contributed by atoms with Crippen molar-refractivity contribution in [2.24, 2.45) is 0 Å². The van der Waals surface area contributed by atoms with E-state index in [0.29, 0.717) is 0 Å². The van der Waals surface area contributed by atoms with Gasteiger partial charge in [-0.05, 0) is 152 Å². The highest BCUT2D eigenvalue weighted by molar-refractivity contribution is 6.26. The Bertz CT molecular complexity index is 6930. The summed E-state index contributed by atoms with van der Waals surface area (Å²) in [5, 5.41) is 4.20. The molecule has 4 heteroatoms. The van der Waals surface area contributed by atoms with E-state index in [-0.39, 0.29) is 0 Å². The third-order valence-corrected chi connectivity index (χ3v) is 24.6. The lowest BCUT2D eigenvalue weighted by molar-refractivity contribution is 0.661. The molecule has 4 nitrogen and oxygen atoms in total. The lowest BCUT2D eigenvalue weighted by Gasteiger charge is -2.36. The fourth-order valence-corrected chi connectivity index (χ4v) is 18.9. The summed E-state index contributed by atoms with van der Waals surface area (Å²) in [5.41, 5.74) is 34.3. The lowest BCUT2D eigenvalue weighted by Crippen LogP contribution is -2.19. The number of rotatable bonds is 20. The predicted molar refractivity (Wildman–Crippen MR) is 521 cm³/mol. The Labute approximate surface area is 720 Å². The quantitative estimate of drug-likeness (QED) is 0.0557. The number of hydrogen-bond acceptors (Lipinski definition) is 4. The maximum atomic E-state index is 2.64. The molecule has 0 amide bonds. The molecule has 0 fully saturated rings. The van der Waals surface area contributed by atoms with E-state index >= 15 is 0 Å². The Kier molecular flexibility index (Phi) is 19.7. The van der Waals surface area contributed by atoms with Gasteiger partial charge in [0.1, 0.15) is 0 Å². The average Bonchev–Trinajstić information content (AvgIpc) is 1.61. The fourth-order valence-electron chi connectivity index (χ4n) is 18.9. The molecule has 0 N–H and O–H groups in total. The summed E-state index contributed by atoms with van der Waals surface area (Å²) in [6, 6.07) is 179. The molecule has 0 atom stereocenters. The molecule has 0 saturated heterocycles. The summed E-state index contributed by atoms with van der Waals surface area (Å²) in [6.45, 7) is 4.92. The van der Waals surface area contributed by atoms with E-state index in [1.807, 2.05) is 0 Å². The molecule has 0 aliphatic heterocycles. The SMILES string of the molecule is CC1(C)c2cc(N(c3ccccc3-c3ccccc3)c3ccccc3-c3ccccc3)ccc2-c2cc3c(N(c4ccccc4-c4ccccc4)c4ccccc4-c4ccccc4)c4cc(N(c5ccccc5-c5ccccc5)c5ccccc5-c5ccccc5)ccc4c(N(c4ccccc4-c4ccccc4)c4ccccc4-c4ccccc4)c3cc21. The molecule has 0 bridgehead atoms. The van der Waals surface area contributed by atoms with Gasteiger partial charge in [0, 0.05) is 82.8 Å². The van der Waals surface area contributed by atoms with E-state index in [9.17, 15) is 0 Å². The first-order valence-electron chi connectivity index (χ1n) is 42.5. The molecule has 1 aliphatic carbocycles. The standard InChI is InChI=1S/C119H86N4/c1-119(2)107-80-92(121(111-69-37-29-61-95(111)85-47-15-5-16-48-85)112-70-38-30-62-96(112)86-49-17-6-18-50-86)75-77-101(107)103-81-105-106(82-108(103)119)117(122(113-71-39-31-63-97(113)87-51-19-7-20-52-87)114-72-40-32-64-98(114)88-53-21-8-22-54-88)102-78-76-91(120(109-67-35-27-59-93(109)83-43-11-3-12-44-83)110-68-36-28-60-94(110)84-45-13-4-14-46-84)79-104(102)118(105)123(115-73-41-33-65-99(115)89-55-23-9-24-56-89)116-74-42-34-66-100(116)90-57-25-10-26-58-90/h3-82H,1-2H3. The highest BCUT2D eigenvalue weighted by Crippen LogP contribution is 2.61. The van der Waals surface area contributed by atoms with Gasteiger partial charge in [-0.15, -0.1) is 0 Å². The smallest absolute Gasteiger partial charge is 0.0621 e. The first kappa shape index (κ1) is 74.7. The van der Waals surface area contributed by atoms with Gasteiger partial charge in [-0.3, -0.25) is 0 Å². The highest BCUT2D eigenvalue weighted by Gasteiger charge is 2.40. The van der Waals surface area contributed by atoms with Crippen molar-refractivity contribution in [1.82, 2.24) is 0 Å². The van der Waals surface area contributed by atoms with E-state index in [4.69, 9.17) is 0 Å². The molecule has 123 heavy (non-hydrogen) atoms. The molecule has 0 aromatic heterocycles. The molecule has 0 unspecified atom stereocenters. The van der Waals surface area contributed by atoms with Gasteiger partial charge in [0.25, 0.3) is 0 Å². The first-order valence-corrected chi connectivity index (χ1v) is 42.5. The predicted octanol–water partition coefficient (Wildman–Crippen LogP) is 33.5. The third-order valence-electron chi connectivity index (χ3n) is 24.6. The van der Waals surface area contributed by atoms with Crippen molar-refractivity contribution >= 4 is 89.8 Å². The molecule has 20 aromatic carbocycles. The monoisotopic (exact) mass is 1570 g/mol. The molecule has 0 spiro atoms. The van der Waals surface area contributed by atoms with Crippen LogP contribution in [0.25, 0.3) is 122 Å². The number of nitrogens with zero attached hydrogens (tertiary/aromatic N) is 4. The van der Waals surface area contributed by atoms with E-state index in [1.165, 1.54) is 22.3 Å². The molecular formula is C119H86N4. The first-order chi connectivity index (χ1) is 60.9. The zero-order valence-corrected chi connectivity index (χ0v) is 68.5. The Balaban J connectivity index is 0.947. The van der Waals surface area contributed by atoms with Crippen LogP contribution >= 0.6 is 0 Å². The van der Waals surface area contributed by atoms with Gasteiger partial charge in [0.05, 0.1) is 56.9 Å². The number of benzene rings is 20. The van der Waals surface area contributed by atoms with Crippen molar-refractivity contribution in [2.45, 2.75) is 19.3 Å². The number of hydrogen-bond donors (Lipinski definition) is 0. The van der Waals surface area contributed by atoms with Crippen LogP contribution in [0.1, 0.15) is 25.0 Å². The van der Waals surface area contributed by atoms with Gasteiger partial charge in [-0.1, -0.05) is 414 Å². The van der Waals surface area contributed by atoms with Crippen molar-refractivity contribution in [2.75, 3.05) is 19.6 Å². The fraction of sp³-hybridized carbons (Fsp3) is 0.0252. The number of fused-ring (bicyclic) bond motifs is 5. The molecule has 20 aromatic rings. The summed E-state index contributed by atoms with van der Waals surface area (Å²) < 4.78 is 0. The van der Waals surface area contributed by atoms with Crippen LogP contribution in [0.4, 0.5) is 68.2 Å². The second-order valence-electron chi connectivity index (χ2n) is 32.1. The molecule has 21 rings (SSSR count). The third kappa shape index (κ3) is 13.7. The van der Waals surface area contributed by atoms with Crippen molar-refractivity contribution in [3.63, 3.8) is 0 Å². The second-order valence-corrected chi connectivity index (χ2v) is 32.1. The summed E-state index contributed by atoms with van der Waals surface area (Å²) in [6.07, 6.45) is 0. The normalized spacial score (nSPS) is 11.9.